The number of hydrogen-bond donors (Lipinski definition) is 1. The van der Waals surface area contributed by atoms with Gasteiger partial charge in [-0.2, -0.15) is 0 Å². The monoisotopic (exact) mass is 205 g/mol. The number of methoxy groups -OCH3 is 2. The lowest BCUT2D eigenvalue weighted by atomic mass is 9.88. The van der Waals surface area contributed by atoms with Gasteiger partial charge in [0, 0.05) is 14.2 Å². The predicted molar refractivity (Wildman–Crippen MR) is 58.8 cm³/mol. The molecule has 0 aromatic rings. The lowest BCUT2D eigenvalue weighted by Gasteiger charge is -2.31. The molecule has 0 aliphatic carbocycles. The molecule has 0 aliphatic rings. The van der Waals surface area contributed by atoms with Gasteiger partial charge in [0.1, 0.15) is 5.41 Å². The van der Waals surface area contributed by atoms with Crippen LogP contribution < -0.4 is 5.73 Å². The first-order chi connectivity index (χ1) is 5.89. The Labute approximate surface area is 84.4 Å². The molecule has 0 unspecified atom stereocenters. The minimum Gasteiger partial charge on any atom is -0.358 e. The van der Waals surface area contributed by atoms with Gasteiger partial charge in [-0.15, -0.1) is 0 Å². The molecule has 0 heterocycles. The van der Waals surface area contributed by atoms with E-state index in [1.165, 1.54) is 0 Å². The van der Waals surface area contributed by atoms with Crippen LogP contribution in [0.5, 0.6) is 0 Å². The Hall–Kier alpha value is 0.0969. The van der Waals surface area contributed by atoms with E-state index in [0.717, 1.165) is 23.1 Å². The first kappa shape index (κ1) is 13.1. The second-order valence-electron chi connectivity index (χ2n) is 4.41. The first-order valence-corrected chi connectivity index (χ1v) is 5.69. The van der Waals surface area contributed by atoms with Crippen molar-refractivity contribution in [3.8, 4) is 0 Å². The van der Waals surface area contributed by atoms with Crippen LogP contribution in [0.3, 0.4) is 0 Å². The highest BCUT2D eigenvalue weighted by molar-refractivity contribution is 6.13. The molecule has 0 saturated carbocycles. The summed E-state index contributed by atoms with van der Waals surface area (Å²) >= 11 is 0. The average molecular weight is 205 g/mol. The molecule has 13 heavy (non-hydrogen) atoms. The van der Waals surface area contributed by atoms with Crippen LogP contribution in [0.2, 0.25) is 0 Å². The van der Waals surface area contributed by atoms with Crippen LogP contribution in [0.25, 0.3) is 0 Å². The Morgan fingerprint density at radius 1 is 1.15 bits per heavy atom. The van der Waals surface area contributed by atoms with Gasteiger partial charge in [0.2, 0.25) is 0 Å². The fourth-order valence-electron chi connectivity index (χ4n) is 0.955. The van der Waals surface area contributed by atoms with Gasteiger partial charge in [-0.25, -0.2) is 0 Å². The molecule has 80 valence electrons. The van der Waals surface area contributed by atoms with Gasteiger partial charge in [-0.1, -0.05) is 13.8 Å². The smallest absolute Gasteiger partial charge is 0.140 e. The van der Waals surface area contributed by atoms with E-state index in [0.29, 0.717) is 6.54 Å². The molecule has 0 spiro atoms. The highest BCUT2D eigenvalue weighted by Crippen LogP contribution is 2.25. The van der Waals surface area contributed by atoms with Crippen molar-refractivity contribution in [2.45, 2.75) is 32.1 Å². The molecule has 0 rings (SSSR count). The van der Waals surface area contributed by atoms with E-state index in [4.69, 9.17) is 15.2 Å². The molecule has 4 heteroatoms. The zero-order valence-electron chi connectivity index (χ0n) is 9.52. The van der Waals surface area contributed by atoms with Gasteiger partial charge in [0.25, 0.3) is 0 Å². The van der Waals surface area contributed by atoms with E-state index in [1.807, 2.05) is 0 Å². The lowest BCUT2D eigenvalue weighted by Crippen LogP contribution is -2.36. The van der Waals surface area contributed by atoms with E-state index in [2.05, 4.69) is 13.8 Å². The van der Waals surface area contributed by atoms with Crippen molar-refractivity contribution in [1.82, 2.24) is 0 Å². The highest BCUT2D eigenvalue weighted by Gasteiger charge is 2.26. The number of ether oxygens (including phenoxy) is 2. The third-order valence-corrected chi connectivity index (χ3v) is 3.99. The largest absolute Gasteiger partial charge is 0.358 e. The van der Waals surface area contributed by atoms with Crippen molar-refractivity contribution in [3.63, 3.8) is 0 Å². The van der Waals surface area contributed by atoms with Crippen LogP contribution in [0.1, 0.15) is 26.7 Å². The van der Waals surface area contributed by atoms with Crippen LogP contribution in [0.4, 0.5) is 0 Å². The molecular weight excluding hydrogens is 182 g/mol. The Morgan fingerprint density at radius 2 is 1.62 bits per heavy atom. The molecule has 0 aromatic heterocycles. The van der Waals surface area contributed by atoms with Gasteiger partial charge in [-0.05, 0) is 24.8 Å². The molecule has 3 nitrogen and oxygen atoms in total. The Balaban J connectivity index is 3.99. The molecule has 0 bridgehead atoms. The molecule has 0 atom stereocenters. The van der Waals surface area contributed by atoms with Gasteiger partial charge in [-0.3, -0.25) is 0 Å². The quantitative estimate of drug-likeness (QED) is 0.493. The van der Waals surface area contributed by atoms with Crippen molar-refractivity contribution >= 4 is 10.2 Å². The fourth-order valence-corrected chi connectivity index (χ4v) is 1.20. The lowest BCUT2D eigenvalue weighted by molar-refractivity contribution is -0.149. The van der Waals surface area contributed by atoms with Crippen LogP contribution >= 0.6 is 0 Å². The summed E-state index contributed by atoms with van der Waals surface area (Å²) in [5.74, 6) is 0. The van der Waals surface area contributed by atoms with Crippen molar-refractivity contribution < 1.29 is 9.47 Å². The summed E-state index contributed by atoms with van der Waals surface area (Å²) in [6.07, 6.45) is 1.96. The maximum absolute atomic E-state index is 5.65. The topological polar surface area (TPSA) is 44.5 Å². The van der Waals surface area contributed by atoms with Crippen LogP contribution in [0.15, 0.2) is 0 Å². The Bertz CT molecular complexity index is 147. The van der Waals surface area contributed by atoms with Crippen molar-refractivity contribution in [1.29, 1.82) is 0 Å². The zero-order valence-corrected chi connectivity index (χ0v) is 11.5. The van der Waals surface area contributed by atoms with E-state index in [-0.39, 0.29) is 10.8 Å². The van der Waals surface area contributed by atoms with Crippen molar-refractivity contribution in [2.75, 3.05) is 20.8 Å². The summed E-state index contributed by atoms with van der Waals surface area (Å²) in [6.45, 7) is 5.04. The van der Waals surface area contributed by atoms with Gasteiger partial charge in [0.05, 0.1) is 10.2 Å². The molecule has 0 radical (unpaired) electrons. The molecule has 0 aromatic carbocycles. The SMILES string of the molecule is COC([SiH3])(CCC(C)(C)CN)OC. The summed E-state index contributed by atoms with van der Waals surface area (Å²) in [5.41, 5.74) is 5.51. The molecule has 2 N–H and O–H groups in total. The molecule has 0 saturated heterocycles. The third kappa shape index (κ3) is 4.76. The van der Waals surface area contributed by atoms with Gasteiger partial charge in [0.15, 0.2) is 0 Å². The van der Waals surface area contributed by atoms with Crippen LogP contribution in [-0.2, 0) is 9.47 Å². The molecule has 0 fully saturated rings. The van der Waals surface area contributed by atoms with E-state index in [1.54, 1.807) is 14.2 Å². The van der Waals surface area contributed by atoms with Gasteiger partial charge < -0.3 is 15.2 Å². The summed E-state index contributed by atoms with van der Waals surface area (Å²) in [5, 5.41) is 0. The second kappa shape index (κ2) is 5.10. The van der Waals surface area contributed by atoms with E-state index in [9.17, 15) is 0 Å². The van der Waals surface area contributed by atoms with Crippen molar-refractivity contribution in [3.05, 3.63) is 0 Å². The number of hydrogen-bond acceptors (Lipinski definition) is 3. The fraction of sp³-hybridized carbons (Fsp3) is 1.00. The maximum Gasteiger partial charge on any atom is 0.140 e. The van der Waals surface area contributed by atoms with E-state index >= 15 is 0 Å². The summed E-state index contributed by atoms with van der Waals surface area (Å²) in [6, 6.07) is 0. The first-order valence-electron chi connectivity index (χ1n) is 4.69. The highest BCUT2D eigenvalue weighted by atomic mass is 28.1. The number of rotatable bonds is 6. The summed E-state index contributed by atoms with van der Waals surface area (Å²) < 4.78 is 10.7. The predicted octanol–water partition coefficient (Wildman–Crippen LogP) is 0.0635. The van der Waals surface area contributed by atoms with Gasteiger partial charge >= 0.3 is 0 Å². The zero-order chi connectivity index (χ0) is 10.5. The third-order valence-electron chi connectivity index (χ3n) is 2.67. The molecular formula is C9H23NO2Si. The van der Waals surface area contributed by atoms with Crippen LogP contribution in [0, 0.1) is 5.41 Å². The molecule has 0 amide bonds. The minimum absolute atomic E-state index is 0.187. The van der Waals surface area contributed by atoms with Crippen LogP contribution in [-0.4, -0.2) is 36.4 Å². The normalized spacial score (nSPS) is 13.6. The van der Waals surface area contributed by atoms with E-state index < -0.39 is 0 Å². The Morgan fingerprint density at radius 3 is 1.92 bits per heavy atom. The Kier molecular flexibility index (Phi) is 5.13. The minimum atomic E-state index is -0.327. The summed E-state index contributed by atoms with van der Waals surface area (Å²) in [7, 11) is 4.28. The van der Waals surface area contributed by atoms with Crippen molar-refractivity contribution in [2.24, 2.45) is 11.1 Å². The molecule has 0 aliphatic heterocycles. The average Bonchev–Trinajstić information content (AvgIpc) is 2.14. The maximum atomic E-state index is 5.65. The summed E-state index contributed by atoms with van der Waals surface area (Å²) in [4.78, 5) is 0. The number of nitrogens with two attached hydrogens (primary N) is 1. The second-order valence-corrected chi connectivity index (χ2v) is 5.93. The standard InChI is InChI=1S/C9H23NO2Si/c1-8(2,7-10)5-6-9(13,11-3)12-4/h5-7,10H2,1-4,13H3.